The highest BCUT2D eigenvalue weighted by Gasteiger charge is 2.19. The van der Waals surface area contributed by atoms with Crippen molar-refractivity contribution >= 4 is 5.91 Å². The zero-order valence-corrected chi connectivity index (χ0v) is 13.4. The second-order valence-corrected chi connectivity index (χ2v) is 5.50. The molecule has 2 aromatic carbocycles. The second-order valence-electron chi connectivity index (χ2n) is 5.50. The van der Waals surface area contributed by atoms with E-state index in [0.29, 0.717) is 18.7 Å². The summed E-state index contributed by atoms with van der Waals surface area (Å²) in [6, 6.07) is 14.2. The van der Waals surface area contributed by atoms with Gasteiger partial charge in [0, 0.05) is 13.6 Å². The van der Waals surface area contributed by atoms with Gasteiger partial charge in [0.25, 0.3) is 0 Å². The minimum atomic E-state index is -0.589. The highest BCUT2D eigenvalue weighted by molar-refractivity contribution is 5.81. The molecule has 23 heavy (non-hydrogen) atoms. The highest BCUT2D eigenvalue weighted by atomic mass is 16.5. The van der Waals surface area contributed by atoms with E-state index >= 15 is 0 Å². The summed E-state index contributed by atoms with van der Waals surface area (Å²) in [5.41, 5.74) is 7.86. The van der Waals surface area contributed by atoms with Crippen LogP contribution in [0.15, 0.2) is 48.5 Å². The number of benzene rings is 2. The van der Waals surface area contributed by atoms with Crippen LogP contribution in [0.25, 0.3) is 0 Å². The van der Waals surface area contributed by atoms with E-state index < -0.39 is 6.04 Å². The molecule has 0 bridgehead atoms. The molecule has 0 spiro atoms. The normalized spacial score (nSPS) is 11.8. The maximum Gasteiger partial charge on any atom is 0.239 e. The topological polar surface area (TPSA) is 75.8 Å². The van der Waals surface area contributed by atoms with Crippen LogP contribution in [0.2, 0.25) is 0 Å². The predicted octanol–water partition coefficient (Wildman–Crippen LogP) is 1.93. The Morgan fingerprint density at radius 1 is 1.22 bits per heavy atom. The van der Waals surface area contributed by atoms with Crippen molar-refractivity contribution in [1.82, 2.24) is 4.90 Å². The average Bonchev–Trinajstić information content (AvgIpc) is 2.55. The summed E-state index contributed by atoms with van der Waals surface area (Å²) in [7, 11) is 3.20. The third-order valence-electron chi connectivity index (χ3n) is 3.65. The summed E-state index contributed by atoms with van der Waals surface area (Å²) in [6.45, 7) is 0.374. The number of hydrogen-bond donors (Lipinski definition) is 2. The van der Waals surface area contributed by atoms with Crippen molar-refractivity contribution in [3.05, 3.63) is 59.7 Å². The van der Waals surface area contributed by atoms with Gasteiger partial charge in [-0.3, -0.25) is 4.79 Å². The number of rotatable bonds is 6. The van der Waals surface area contributed by atoms with Gasteiger partial charge in [0.2, 0.25) is 5.91 Å². The summed E-state index contributed by atoms with van der Waals surface area (Å²) in [5.74, 6) is 0.326. The molecule has 0 heterocycles. The first-order valence-electron chi connectivity index (χ1n) is 7.41. The number of amides is 1. The molecule has 0 aromatic heterocycles. The monoisotopic (exact) mass is 314 g/mol. The molecule has 0 aliphatic heterocycles. The largest absolute Gasteiger partial charge is 0.504 e. The van der Waals surface area contributed by atoms with E-state index in [0.717, 1.165) is 11.1 Å². The summed E-state index contributed by atoms with van der Waals surface area (Å²) < 4.78 is 5.01. The summed E-state index contributed by atoms with van der Waals surface area (Å²) in [4.78, 5) is 13.9. The lowest BCUT2D eigenvalue weighted by Gasteiger charge is -2.21. The fourth-order valence-corrected chi connectivity index (χ4v) is 2.42. The fourth-order valence-electron chi connectivity index (χ4n) is 2.42. The Balaban J connectivity index is 1.98. The van der Waals surface area contributed by atoms with Crippen LogP contribution in [0, 0.1) is 0 Å². The standard InChI is InChI=1S/C18H22N2O3/c1-20(12-14-8-9-17(23-2)16(21)11-14)18(22)15(19)10-13-6-4-3-5-7-13/h3-9,11,15,21H,10,12,19H2,1-2H3/t15-/m0/s1. The van der Waals surface area contributed by atoms with E-state index in [4.69, 9.17) is 10.5 Å². The third-order valence-corrected chi connectivity index (χ3v) is 3.65. The van der Waals surface area contributed by atoms with Crippen molar-refractivity contribution in [2.75, 3.05) is 14.2 Å². The molecular weight excluding hydrogens is 292 g/mol. The van der Waals surface area contributed by atoms with Gasteiger partial charge in [-0.15, -0.1) is 0 Å². The first-order valence-corrected chi connectivity index (χ1v) is 7.41. The molecule has 2 aromatic rings. The Kier molecular flexibility index (Phi) is 5.60. The molecule has 0 saturated heterocycles. The molecule has 122 valence electrons. The summed E-state index contributed by atoms with van der Waals surface area (Å²) in [6.07, 6.45) is 0.498. The molecular formula is C18H22N2O3. The van der Waals surface area contributed by atoms with E-state index in [9.17, 15) is 9.90 Å². The molecule has 3 N–H and O–H groups in total. The summed E-state index contributed by atoms with van der Waals surface area (Å²) in [5, 5.41) is 9.79. The van der Waals surface area contributed by atoms with Crippen LogP contribution in [0.4, 0.5) is 0 Å². The Bertz CT molecular complexity index is 659. The number of aromatic hydroxyl groups is 1. The quantitative estimate of drug-likeness (QED) is 0.854. The number of nitrogens with two attached hydrogens (primary N) is 1. The van der Waals surface area contributed by atoms with Crippen LogP contribution in [0.3, 0.4) is 0 Å². The number of ether oxygens (including phenoxy) is 1. The number of hydrogen-bond acceptors (Lipinski definition) is 4. The van der Waals surface area contributed by atoms with Crippen LogP contribution in [0.1, 0.15) is 11.1 Å². The van der Waals surface area contributed by atoms with E-state index in [1.54, 1.807) is 24.1 Å². The minimum Gasteiger partial charge on any atom is -0.504 e. The van der Waals surface area contributed by atoms with Crippen LogP contribution in [-0.2, 0) is 17.8 Å². The van der Waals surface area contributed by atoms with Gasteiger partial charge in [-0.25, -0.2) is 0 Å². The highest BCUT2D eigenvalue weighted by Crippen LogP contribution is 2.26. The zero-order valence-electron chi connectivity index (χ0n) is 13.4. The van der Waals surface area contributed by atoms with E-state index in [-0.39, 0.29) is 11.7 Å². The third kappa shape index (κ3) is 4.47. The molecule has 5 heteroatoms. The number of phenols is 1. The number of likely N-dealkylation sites (N-methyl/N-ethyl adjacent to an activating group) is 1. The Morgan fingerprint density at radius 3 is 2.52 bits per heavy atom. The van der Waals surface area contributed by atoms with Crippen molar-refractivity contribution in [3.63, 3.8) is 0 Å². The van der Waals surface area contributed by atoms with E-state index in [1.807, 2.05) is 36.4 Å². The van der Waals surface area contributed by atoms with Gasteiger partial charge < -0.3 is 20.5 Å². The van der Waals surface area contributed by atoms with Gasteiger partial charge in [0.05, 0.1) is 13.2 Å². The lowest BCUT2D eigenvalue weighted by Crippen LogP contribution is -2.42. The Labute approximate surface area is 136 Å². The van der Waals surface area contributed by atoms with Crippen molar-refractivity contribution in [3.8, 4) is 11.5 Å². The van der Waals surface area contributed by atoms with Crippen molar-refractivity contribution in [2.45, 2.75) is 19.0 Å². The van der Waals surface area contributed by atoms with Gasteiger partial charge in [0.1, 0.15) is 0 Å². The molecule has 2 rings (SSSR count). The molecule has 0 fully saturated rings. The van der Waals surface area contributed by atoms with Crippen LogP contribution >= 0.6 is 0 Å². The maximum atomic E-state index is 12.4. The first-order chi connectivity index (χ1) is 11.0. The Hall–Kier alpha value is -2.53. The first kappa shape index (κ1) is 16.8. The van der Waals surface area contributed by atoms with Gasteiger partial charge in [-0.2, -0.15) is 0 Å². The lowest BCUT2D eigenvalue weighted by atomic mass is 10.1. The number of carbonyl (C=O) groups is 1. The maximum absolute atomic E-state index is 12.4. The van der Waals surface area contributed by atoms with Gasteiger partial charge in [-0.1, -0.05) is 36.4 Å². The summed E-state index contributed by atoms with van der Waals surface area (Å²) >= 11 is 0. The van der Waals surface area contributed by atoms with E-state index in [1.165, 1.54) is 7.11 Å². The van der Waals surface area contributed by atoms with Crippen LogP contribution < -0.4 is 10.5 Å². The smallest absolute Gasteiger partial charge is 0.239 e. The lowest BCUT2D eigenvalue weighted by molar-refractivity contribution is -0.131. The fraction of sp³-hybridized carbons (Fsp3) is 0.278. The molecule has 1 atom stereocenters. The molecule has 0 saturated carbocycles. The Morgan fingerprint density at radius 2 is 1.91 bits per heavy atom. The minimum absolute atomic E-state index is 0.0550. The van der Waals surface area contributed by atoms with Gasteiger partial charge in [-0.05, 0) is 29.7 Å². The SMILES string of the molecule is COc1ccc(CN(C)C(=O)[C@@H](N)Cc2ccccc2)cc1O. The average molecular weight is 314 g/mol. The van der Waals surface area contributed by atoms with Crippen molar-refractivity contribution < 1.29 is 14.6 Å². The molecule has 0 radical (unpaired) electrons. The molecule has 5 nitrogen and oxygen atoms in total. The molecule has 0 aliphatic rings. The zero-order chi connectivity index (χ0) is 16.8. The second kappa shape index (κ2) is 7.65. The van der Waals surface area contributed by atoms with E-state index in [2.05, 4.69) is 0 Å². The molecule has 0 unspecified atom stereocenters. The van der Waals surface area contributed by atoms with Gasteiger partial charge >= 0.3 is 0 Å². The molecule has 1 amide bonds. The van der Waals surface area contributed by atoms with Crippen LogP contribution in [-0.4, -0.2) is 36.1 Å². The molecule has 0 aliphatic carbocycles. The number of nitrogens with zero attached hydrogens (tertiary/aromatic N) is 1. The number of phenolic OH excluding ortho intramolecular Hbond substituents is 1. The number of methoxy groups -OCH3 is 1. The van der Waals surface area contributed by atoms with Crippen molar-refractivity contribution in [1.29, 1.82) is 0 Å². The van der Waals surface area contributed by atoms with Crippen molar-refractivity contribution in [2.24, 2.45) is 5.73 Å². The number of carbonyl (C=O) groups excluding carboxylic acids is 1. The predicted molar refractivity (Wildman–Crippen MR) is 89.3 cm³/mol. The van der Waals surface area contributed by atoms with Crippen LogP contribution in [0.5, 0.6) is 11.5 Å². The van der Waals surface area contributed by atoms with Gasteiger partial charge in [0.15, 0.2) is 11.5 Å².